The number of rotatable bonds is 5. The molecule has 0 spiro atoms. The number of aliphatic hydroxyl groups excluding tert-OH is 1. The van der Waals surface area contributed by atoms with Crippen LogP contribution in [0.3, 0.4) is 0 Å². The molecule has 3 aromatic carbocycles. The first-order chi connectivity index (χ1) is 17.5. The Kier molecular flexibility index (Phi) is 7.54. The van der Waals surface area contributed by atoms with E-state index in [0.717, 1.165) is 41.6 Å². The Labute approximate surface area is 214 Å². The lowest BCUT2D eigenvalue weighted by Gasteiger charge is -2.57. The Morgan fingerprint density at radius 1 is 0.806 bits per heavy atom. The third-order valence-electron chi connectivity index (χ3n) is 7.34. The van der Waals surface area contributed by atoms with E-state index in [9.17, 15) is 13.5 Å². The molecule has 5 nitrogen and oxygen atoms in total. The first kappa shape index (κ1) is 24.7. The molecule has 6 heteroatoms. The predicted octanol–water partition coefficient (Wildman–Crippen LogP) is 3.84. The van der Waals surface area contributed by atoms with E-state index in [4.69, 9.17) is 0 Å². The molecule has 0 aliphatic carbocycles. The van der Waals surface area contributed by atoms with Gasteiger partial charge in [0.25, 0.3) is 0 Å². The summed E-state index contributed by atoms with van der Waals surface area (Å²) in [5.74, 6) is 6.50. The van der Waals surface area contributed by atoms with Crippen molar-refractivity contribution in [1.29, 1.82) is 0 Å². The van der Waals surface area contributed by atoms with E-state index in [0.29, 0.717) is 13.1 Å². The Morgan fingerprint density at radius 3 is 2.08 bits per heavy atom. The molecule has 0 aromatic heterocycles. The van der Waals surface area contributed by atoms with Crippen LogP contribution in [0.1, 0.15) is 41.0 Å². The Morgan fingerprint density at radius 2 is 1.42 bits per heavy atom. The summed E-state index contributed by atoms with van der Waals surface area (Å²) in [4.78, 5) is 2.30. The highest BCUT2D eigenvalue weighted by molar-refractivity contribution is 7.88. The van der Waals surface area contributed by atoms with Crippen molar-refractivity contribution in [3.8, 4) is 11.8 Å². The van der Waals surface area contributed by atoms with Gasteiger partial charge in [-0.05, 0) is 54.8 Å². The van der Waals surface area contributed by atoms with E-state index in [-0.39, 0.29) is 30.4 Å². The Balaban J connectivity index is 1.35. The van der Waals surface area contributed by atoms with Crippen LogP contribution in [0.25, 0.3) is 0 Å². The second kappa shape index (κ2) is 11.0. The SMILES string of the molecule is O=S(=O)(Cc1ccccc1)N1CCCCN2[C@@H](CO)[C@@H](c3ccc(C#Cc4ccccc4)cc3)[C@@H]2C1. The lowest BCUT2D eigenvalue weighted by Crippen LogP contribution is -2.67. The molecule has 2 aliphatic rings. The predicted molar refractivity (Wildman–Crippen MR) is 143 cm³/mol. The van der Waals surface area contributed by atoms with E-state index in [2.05, 4.69) is 28.9 Å². The topological polar surface area (TPSA) is 60.9 Å². The maximum Gasteiger partial charge on any atom is 0.218 e. The van der Waals surface area contributed by atoms with Crippen molar-refractivity contribution in [3.05, 3.63) is 107 Å². The first-order valence-corrected chi connectivity index (χ1v) is 14.2. The summed E-state index contributed by atoms with van der Waals surface area (Å²) in [6.07, 6.45) is 1.75. The largest absolute Gasteiger partial charge is 0.395 e. The van der Waals surface area contributed by atoms with Gasteiger partial charge in [0.15, 0.2) is 0 Å². The van der Waals surface area contributed by atoms with Crippen LogP contribution in [0.4, 0.5) is 0 Å². The molecular weight excluding hydrogens is 468 g/mol. The Bertz CT molecular complexity index is 1320. The molecule has 1 N–H and O–H groups in total. The number of sulfonamides is 1. The fourth-order valence-electron chi connectivity index (χ4n) is 5.49. The van der Waals surface area contributed by atoms with Crippen LogP contribution in [0.5, 0.6) is 0 Å². The molecule has 0 amide bonds. The van der Waals surface area contributed by atoms with Gasteiger partial charge in [-0.3, -0.25) is 4.90 Å². The molecule has 2 heterocycles. The molecule has 3 aromatic rings. The van der Waals surface area contributed by atoms with E-state index in [1.807, 2.05) is 72.8 Å². The fourth-order valence-corrected chi connectivity index (χ4v) is 7.08. The van der Waals surface area contributed by atoms with Crippen molar-refractivity contribution in [2.45, 2.75) is 36.6 Å². The van der Waals surface area contributed by atoms with Gasteiger partial charge < -0.3 is 5.11 Å². The van der Waals surface area contributed by atoms with Gasteiger partial charge in [0.05, 0.1) is 12.4 Å². The summed E-state index contributed by atoms with van der Waals surface area (Å²) in [6, 6.07) is 27.6. The van der Waals surface area contributed by atoms with E-state index >= 15 is 0 Å². The molecule has 5 rings (SSSR count). The van der Waals surface area contributed by atoms with Gasteiger partial charge in [-0.25, -0.2) is 12.7 Å². The normalized spacial score (nSPS) is 22.9. The minimum absolute atomic E-state index is 0.00744. The number of nitrogens with zero attached hydrogens (tertiary/aromatic N) is 2. The quantitative estimate of drug-likeness (QED) is 0.541. The van der Waals surface area contributed by atoms with Gasteiger partial charge >= 0.3 is 0 Å². The third-order valence-corrected chi connectivity index (χ3v) is 9.16. The van der Waals surface area contributed by atoms with Crippen LogP contribution < -0.4 is 0 Å². The number of hydrogen-bond acceptors (Lipinski definition) is 4. The van der Waals surface area contributed by atoms with Crippen molar-refractivity contribution in [3.63, 3.8) is 0 Å². The lowest BCUT2D eigenvalue weighted by molar-refractivity contribution is -0.0554. The van der Waals surface area contributed by atoms with Gasteiger partial charge in [0.2, 0.25) is 10.0 Å². The highest BCUT2D eigenvalue weighted by Gasteiger charge is 2.50. The van der Waals surface area contributed by atoms with Crippen LogP contribution in [-0.4, -0.2) is 61.1 Å². The van der Waals surface area contributed by atoms with Gasteiger partial charge in [0, 0.05) is 42.2 Å². The zero-order valence-corrected chi connectivity index (χ0v) is 21.1. The second-order valence-corrected chi connectivity index (χ2v) is 11.6. The van der Waals surface area contributed by atoms with Crippen molar-refractivity contribution < 1.29 is 13.5 Å². The van der Waals surface area contributed by atoms with Crippen LogP contribution in [0.2, 0.25) is 0 Å². The van der Waals surface area contributed by atoms with Crippen LogP contribution in [-0.2, 0) is 15.8 Å². The monoisotopic (exact) mass is 500 g/mol. The molecule has 36 heavy (non-hydrogen) atoms. The first-order valence-electron chi connectivity index (χ1n) is 12.6. The molecular formula is C30H32N2O3S. The van der Waals surface area contributed by atoms with Crippen molar-refractivity contribution in [2.75, 3.05) is 26.2 Å². The molecule has 186 valence electrons. The van der Waals surface area contributed by atoms with Crippen molar-refractivity contribution >= 4 is 10.0 Å². The standard InChI is InChI=1S/C30H32N2O3S/c33-22-29-30(27-17-15-25(16-18-27)14-13-24-9-3-1-4-10-24)28-21-31(19-7-8-20-32(28)29)36(34,35)23-26-11-5-2-6-12-26/h1-6,9-12,15-18,28-30,33H,7-8,19-23H2/t28-,29-,30-/m0/s1. The van der Waals surface area contributed by atoms with Crippen LogP contribution in [0.15, 0.2) is 84.9 Å². The summed E-state index contributed by atoms with van der Waals surface area (Å²) < 4.78 is 28.4. The summed E-state index contributed by atoms with van der Waals surface area (Å²) in [5.41, 5.74) is 3.84. The molecule has 3 atom stereocenters. The van der Waals surface area contributed by atoms with Crippen molar-refractivity contribution in [2.24, 2.45) is 0 Å². The summed E-state index contributed by atoms with van der Waals surface area (Å²) in [5, 5.41) is 10.2. The smallest absolute Gasteiger partial charge is 0.218 e. The highest BCUT2D eigenvalue weighted by atomic mass is 32.2. The molecule has 0 saturated carbocycles. The lowest BCUT2D eigenvalue weighted by atomic mass is 9.74. The molecule has 2 saturated heterocycles. The zero-order chi connectivity index (χ0) is 25.0. The number of hydrogen-bond donors (Lipinski definition) is 1. The minimum atomic E-state index is -3.44. The molecule has 0 radical (unpaired) electrons. The van der Waals surface area contributed by atoms with Crippen LogP contribution >= 0.6 is 0 Å². The highest BCUT2D eigenvalue weighted by Crippen LogP contribution is 2.42. The van der Waals surface area contributed by atoms with E-state index in [1.54, 1.807) is 4.31 Å². The zero-order valence-electron chi connectivity index (χ0n) is 20.3. The van der Waals surface area contributed by atoms with E-state index in [1.165, 1.54) is 0 Å². The number of fused-ring (bicyclic) bond motifs is 1. The molecule has 2 fully saturated rings. The van der Waals surface area contributed by atoms with Gasteiger partial charge in [0.1, 0.15) is 0 Å². The maximum atomic E-state index is 13.4. The molecule has 0 bridgehead atoms. The van der Waals surface area contributed by atoms with Crippen molar-refractivity contribution in [1.82, 2.24) is 9.21 Å². The third kappa shape index (κ3) is 5.40. The molecule has 2 aliphatic heterocycles. The van der Waals surface area contributed by atoms with Gasteiger partial charge in [-0.2, -0.15) is 0 Å². The summed E-state index contributed by atoms with van der Waals surface area (Å²) in [6.45, 7) is 1.95. The van der Waals surface area contributed by atoms with Crippen LogP contribution in [0, 0.1) is 11.8 Å². The van der Waals surface area contributed by atoms with Gasteiger partial charge in [-0.1, -0.05) is 72.5 Å². The summed E-state index contributed by atoms with van der Waals surface area (Å²) in [7, 11) is -3.44. The average Bonchev–Trinajstić information content (AvgIpc) is 2.88. The average molecular weight is 501 g/mol. The number of aliphatic hydroxyl groups is 1. The van der Waals surface area contributed by atoms with E-state index < -0.39 is 10.0 Å². The fraction of sp³-hybridized carbons (Fsp3) is 0.333. The minimum Gasteiger partial charge on any atom is -0.395 e. The Hall–Kier alpha value is -2.95. The second-order valence-electron chi connectivity index (χ2n) is 9.63. The molecule has 0 unspecified atom stereocenters. The number of benzene rings is 3. The van der Waals surface area contributed by atoms with Gasteiger partial charge in [-0.15, -0.1) is 0 Å². The maximum absolute atomic E-state index is 13.4. The summed E-state index contributed by atoms with van der Waals surface area (Å²) >= 11 is 0.